The molecule has 0 heterocycles. The third kappa shape index (κ3) is 2.97. The third-order valence-electron chi connectivity index (χ3n) is 3.04. The molecule has 10 heteroatoms. The van der Waals surface area contributed by atoms with Crippen LogP contribution in [0.2, 0.25) is 0 Å². The molecule has 120 valence electrons. The lowest BCUT2D eigenvalue weighted by Gasteiger charge is -2.08. The molecule has 0 saturated carbocycles. The van der Waals surface area contributed by atoms with Crippen molar-refractivity contribution in [2.45, 2.75) is 16.7 Å². The number of nitro benzene ring substituents is 2. The molecule has 0 spiro atoms. The Labute approximate surface area is 130 Å². The molecule has 2 aromatic carbocycles. The fraction of sp³-hybridized carbons (Fsp3) is 0.0769. The average Bonchev–Trinajstić information content (AvgIpc) is 2.48. The molecule has 0 saturated heterocycles. The van der Waals surface area contributed by atoms with E-state index in [1.54, 1.807) is 6.92 Å². The minimum atomic E-state index is -4.42. The Hall–Kier alpha value is -3.01. The molecule has 0 aliphatic carbocycles. The molecule has 0 fully saturated rings. The maximum atomic E-state index is 12.6. The fourth-order valence-electron chi connectivity index (χ4n) is 1.94. The zero-order valence-corrected chi connectivity index (χ0v) is 12.5. The highest BCUT2D eigenvalue weighted by molar-refractivity contribution is 7.91. The van der Waals surface area contributed by atoms with E-state index in [0.29, 0.717) is 11.6 Å². The summed E-state index contributed by atoms with van der Waals surface area (Å²) in [6.45, 7) is 1.59. The van der Waals surface area contributed by atoms with Gasteiger partial charge in [0, 0.05) is 6.07 Å². The summed E-state index contributed by atoms with van der Waals surface area (Å²) in [6, 6.07) is 5.99. The van der Waals surface area contributed by atoms with Gasteiger partial charge in [-0.2, -0.15) is 0 Å². The van der Waals surface area contributed by atoms with E-state index >= 15 is 0 Å². The van der Waals surface area contributed by atoms with Gasteiger partial charge in [0.2, 0.25) is 9.84 Å². The Kier molecular flexibility index (Phi) is 4.02. The Morgan fingerprint density at radius 2 is 1.61 bits per heavy atom. The molecule has 9 nitrogen and oxygen atoms in total. The zero-order chi connectivity index (χ0) is 17.4. The van der Waals surface area contributed by atoms with Gasteiger partial charge in [-0.25, -0.2) is 8.42 Å². The molecule has 0 unspecified atom stereocenters. The van der Waals surface area contributed by atoms with Crippen LogP contribution in [0.15, 0.2) is 46.2 Å². The Morgan fingerprint density at radius 1 is 0.957 bits per heavy atom. The molecule has 0 bridgehead atoms. The highest BCUT2D eigenvalue weighted by Gasteiger charge is 2.31. The first-order valence-electron chi connectivity index (χ1n) is 6.12. The van der Waals surface area contributed by atoms with Crippen molar-refractivity contribution in [3.63, 3.8) is 0 Å². The van der Waals surface area contributed by atoms with E-state index in [2.05, 4.69) is 0 Å². The molecule has 2 aromatic rings. The molecule has 0 aliphatic rings. The van der Waals surface area contributed by atoms with E-state index in [1.165, 1.54) is 6.07 Å². The predicted molar refractivity (Wildman–Crippen MR) is 78.0 cm³/mol. The van der Waals surface area contributed by atoms with E-state index < -0.39 is 46.6 Å². The molecule has 0 radical (unpaired) electrons. The lowest BCUT2D eigenvalue weighted by atomic mass is 10.2. The molecule has 2 rings (SSSR count). The van der Waals surface area contributed by atoms with Crippen LogP contribution < -0.4 is 0 Å². The fourth-order valence-corrected chi connectivity index (χ4v) is 3.52. The number of nitrogens with zero attached hydrogens (tertiary/aromatic N) is 2. The molecular formula is C13H10N2O7S. The van der Waals surface area contributed by atoms with E-state index in [9.17, 15) is 33.8 Å². The second-order valence-electron chi connectivity index (χ2n) is 4.64. The number of benzene rings is 2. The van der Waals surface area contributed by atoms with Crippen LogP contribution >= 0.6 is 0 Å². The molecule has 0 aliphatic heterocycles. The van der Waals surface area contributed by atoms with Gasteiger partial charge in [-0.15, -0.1) is 0 Å². The van der Waals surface area contributed by atoms with Crippen LogP contribution in [-0.2, 0) is 9.84 Å². The number of sulfone groups is 1. The van der Waals surface area contributed by atoms with Gasteiger partial charge in [-0.1, -0.05) is 6.07 Å². The number of hydrogen-bond donors (Lipinski definition) is 1. The van der Waals surface area contributed by atoms with Gasteiger partial charge in [0.15, 0.2) is 0 Å². The van der Waals surface area contributed by atoms with Crippen LogP contribution in [0, 0.1) is 27.2 Å². The lowest BCUT2D eigenvalue weighted by Crippen LogP contribution is -2.07. The van der Waals surface area contributed by atoms with E-state index in [4.69, 9.17) is 0 Å². The minimum absolute atomic E-state index is 0.505. The molecule has 23 heavy (non-hydrogen) atoms. The highest BCUT2D eigenvalue weighted by atomic mass is 32.2. The van der Waals surface area contributed by atoms with Crippen molar-refractivity contribution < 1.29 is 23.4 Å². The number of phenolic OH excluding ortho intramolecular Hbond substituents is 1. The molecule has 0 aromatic heterocycles. The average molecular weight is 338 g/mol. The number of nitro groups is 2. The van der Waals surface area contributed by atoms with Gasteiger partial charge >= 0.3 is 0 Å². The molecule has 1 N–H and O–H groups in total. The number of rotatable bonds is 4. The summed E-state index contributed by atoms with van der Waals surface area (Å²) in [5, 5.41) is 31.5. The molecule has 0 atom stereocenters. The van der Waals surface area contributed by atoms with Gasteiger partial charge in [0.05, 0.1) is 15.9 Å². The largest absolute Gasteiger partial charge is 0.507 e. The number of aryl methyl sites for hydroxylation is 1. The Bertz CT molecular complexity index is 922. The Balaban J connectivity index is 2.76. The third-order valence-corrected chi connectivity index (χ3v) is 4.87. The van der Waals surface area contributed by atoms with Gasteiger partial charge in [0.1, 0.15) is 15.5 Å². The van der Waals surface area contributed by atoms with Gasteiger partial charge in [-0.05, 0) is 30.7 Å². The van der Waals surface area contributed by atoms with Crippen LogP contribution in [-0.4, -0.2) is 23.4 Å². The number of phenols is 1. The second-order valence-corrected chi connectivity index (χ2v) is 6.53. The number of hydrogen-bond acceptors (Lipinski definition) is 7. The first-order chi connectivity index (χ1) is 10.6. The normalized spacial score (nSPS) is 11.2. The lowest BCUT2D eigenvalue weighted by molar-refractivity contribution is -0.396. The van der Waals surface area contributed by atoms with Crippen molar-refractivity contribution >= 4 is 21.2 Å². The number of non-ortho nitro benzene ring substituents is 1. The second kappa shape index (κ2) is 5.65. The van der Waals surface area contributed by atoms with Crippen molar-refractivity contribution in [2.75, 3.05) is 0 Å². The summed E-state index contributed by atoms with van der Waals surface area (Å²) in [6.07, 6.45) is 0. The van der Waals surface area contributed by atoms with Gasteiger partial charge in [0.25, 0.3) is 11.4 Å². The predicted octanol–water partition coefficient (Wildman–Crippen LogP) is 2.35. The SMILES string of the molecule is Cc1ccc(O)c(S(=O)(=O)c2ccc([N+](=O)[O-])cc2[N+](=O)[O-])c1. The Morgan fingerprint density at radius 3 is 2.17 bits per heavy atom. The quantitative estimate of drug-likeness (QED) is 0.666. The highest BCUT2D eigenvalue weighted by Crippen LogP contribution is 2.35. The molecular weight excluding hydrogens is 328 g/mol. The van der Waals surface area contributed by atoms with E-state index in [-0.39, 0.29) is 0 Å². The van der Waals surface area contributed by atoms with Crippen LogP contribution in [0.1, 0.15) is 5.56 Å². The summed E-state index contributed by atoms with van der Waals surface area (Å²) in [7, 11) is -4.42. The van der Waals surface area contributed by atoms with Crippen molar-refractivity contribution in [1.29, 1.82) is 0 Å². The summed E-state index contributed by atoms with van der Waals surface area (Å²) in [5.74, 6) is -0.566. The first-order valence-corrected chi connectivity index (χ1v) is 7.60. The standard InChI is InChI=1S/C13H10N2O7S/c1-8-2-4-11(16)13(6-8)23(21,22)12-5-3-9(14(17)18)7-10(12)15(19)20/h2-7,16H,1H3. The van der Waals surface area contributed by atoms with E-state index in [0.717, 1.165) is 24.3 Å². The van der Waals surface area contributed by atoms with Crippen molar-refractivity contribution in [1.82, 2.24) is 0 Å². The van der Waals surface area contributed by atoms with E-state index in [1.807, 2.05) is 0 Å². The van der Waals surface area contributed by atoms with Gasteiger partial charge < -0.3 is 5.11 Å². The van der Waals surface area contributed by atoms with Crippen molar-refractivity contribution in [3.8, 4) is 5.75 Å². The van der Waals surface area contributed by atoms with Gasteiger partial charge in [-0.3, -0.25) is 20.2 Å². The van der Waals surface area contributed by atoms with Crippen LogP contribution in [0.4, 0.5) is 11.4 Å². The summed E-state index contributed by atoms with van der Waals surface area (Å²) in [5.41, 5.74) is -1.02. The number of aromatic hydroxyl groups is 1. The monoisotopic (exact) mass is 338 g/mol. The van der Waals surface area contributed by atoms with Crippen molar-refractivity contribution in [2.24, 2.45) is 0 Å². The maximum Gasteiger partial charge on any atom is 0.295 e. The van der Waals surface area contributed by atoms with Crippen LogP contribution in [0.25, 0.3) is 0 Å². The smallest absolute Gasteiger partial charge is 0.295 e. The van der Waals surface area contributed by atoms with Crippen LogP contribution in [0.5, 0.6) is 5.75 Å². The molecule has 0 amide bonds. The summed E-state index contributed by atoms with van der Waals surface area (Å²) >= 11 is 0. The maximum absolute atomic E-state index is 12.6. The topological polar surface area (TPSA) is 141 Å². The van der Waals surface area contributed by atoms with Crippen LogP contribution in [0.3, 0.4) is 0 Å². The van der Waals surface area contributed by atoms with Crippen molar-refractivity contribution in [3.05, 3.63) is 62.2 Å². The summed E-state index contributed by atoms with van der Waals surface area (Å²) in [4.78, 5) is 18.7. The zero-order valence-electron chi connectivity index (χ0n) is 11.7. The minimum Gasteiger partial charge on any atom is -0.507 e. The summed E-state index contributed by atoms with van der Waals surface area (Å²) < 4.78 is 25.2. The first kappa shape index (κ1) is 16.4.